The first-order chi connectivity index (χ1) is 11.2. The van der Waals surface area contributed by atoms with Crippen LogP contribution in [-0.4, -0.2) is 20.4 Å². The number of fused-ring (bicyclic) bond motifs is 1. The van der Waals surface area contributed by atoms with Gasteiger partial charge in [0.15, 0.2) is 5.76 Å². The van der Waals surface area contributed by atoms with Crippen LogP contribution < -0.4 is 4.74 Å². The van der Waals surface area contributed by atoms with Crippen LogP contribution in [0.25, 0.3) is 11.8 Å². The molecule has 0 unspecified atom stereocenters. The Morgan fingerprint density at radius 1 is 1.13 bits per heavy atom. The normalized spacial score (nSPS) is 14.8. The number of ether oxygens (including phenoxy) is 1. The third kappa shape index (κ3) is 2.38. The van der Waals surface area contributed by atoms with Gasteiger partial charge in [0.1, 0.15) is 11.5 Å². The highest BCUT2D eigenvalue weighted by Crippen LogP contribution is 2.34. The predicted octanol–water partition coefficient (Wildman–Crippen LogP) is 3.19. The van der Waals surface area contributed by atoms with Gasteiger partial charge in [-0.3, -0.25) is 4.79 Å². The smallest absolute Gasteiger partial charge is 0.231 e. The van der Waals surface area contributed by atoms with Crippen LogP contribution in [-0.2, 0) is 0 Å². The maximum Gasteiger partial charge on any atom is 0.231 e. The van der Waals surface area contributed by atoms with E-state index in [0.29, 0.717) is 11.3 Å². The molecule has 4 rings (SSSR count). The summed E-state index contributed by atoms with van der Waals surface area (Å²) in [5.74, 6) is 0.526. The molecule has 2 heterocycles. The highest BCUT2D eigenvalue weighted by Gasteiger charge is 2.27. The van der Waals surface area contributed by atoms with E-state index in [4.69, 9.17) is 4.74 Å². The molecule has 0 atom stereocenters. The Balaban J connectivity index is 1.63. The van der Waals surface area contributed by atoms with E-state index in [1.807, 2.05) is 35.0 Å². The number of aromatic nitrogens is 2. The van der Waals surface area contributed by atoms with E-state index in [2.05, 4.69) is 4.98 Å². The van der Waals surface area contributed by atoms with Gasteiger partial charge in [0.25, 0.3) is 0 Å². The number of Topliss-reactive ketones (excluding diaryl/α,β-unsaturated/α-hetero) is 1. The Hall–Kier alpha value is -3.34. The summed E-state index contributed by atoms with van der Waals surface area (Å²) in [5.41, 5.74) is 2.30. The standard InChI is InChI=1S/C18H12N2O3/c21-14-5-6-15-16(10-14)23-17(18(15)22)9-12-1-3-13(4-2-12)20-8-7-19-11-20/h1-11,21H/b17-9-. The molecule has 0 aliphatic carbocycles. The molecule has 1 aliphatic heterocycles. The highest BCUT2D eigenvalue weighted by molar-refractivity contribution is 6.14. The van der Waals surface area contributed by atoms with Crippen molar-refractivity contribution >= 4 is 11.9 Å². The second-order valence-corrected chi connectivity index (χ2v) is 5.18. The number of rotatable bonds is 2. The Kier molecular flexibility index (Phi) is 2.98. The second kappa shape index (κ2) is 5.14. The zero-order valence-electron chi connectivity index (χ0n) is 12.0. The van der Waals surface area contributed by atoms with E-state index in [-0.39, 0.29) is 17.3 Å². The molecule has 1 aromatic heterocycles. The first kappa shape index (κ1) is 13.3. The number of allylic oxidation sites excluding steroid dienone is 1. The van der Waals surface area contributed by atoms with Gasteiger partial charge < -0.3 is 14.4 Å². The van der Waals surface area contributed by atoms with E-state index in [9.17, 15) is 9.90 Å². The Labute approximate surface area is 132 Å². The van der Waals surface area contributed by atoms with E-state index >= 15 is 0 Å². The van der Waals surface area contributed by atoms with Crippen molar-refractivity contribution in [2.75, 3.05) is 0 Å². The van der Waals surface area contributed by atoms with Crippen molar-refractivity contribution in [2.45, 2.75) is 0 Å². The van der Waals surface area contributed by atoms with Crippen LogP contribution in [0.1, 0.15) is 15.9 Å². The first-order valence-electron chi connectivity index (χ1n) is 7.06. The third-order valence-electron chi connectivity index (χ3n) is 3.65. The van der Waals surface area contributed by atoms with Crippen molar-refractivity contribution in [1.82, 2.24) is 9.55 Å². The molecule has 0 amide bonds. The van der Waals surface area contributed by atoms with Crippen LogP contribution in [0.15, 0.2) is 66.9 Å². The lowest BCUT2D eigenvalue weighted by Crippen LogP contribution is -1.98. The minimum Gasteiger partial charge on any atom is -0.508 e. The topological polar surface area (TPSA) is 64.4 Å². The number of nitrogens with zero attached hydrogens (tertiary/aromatic N) is 2. The summed E-state index contributed by atoms with van der Waals surface area (Å²) in [7, 11) is 0. The number of carbonyl (C=O) groups excluding carboxylic acids is 1. The number of ketones is 1. The molecule has 1 N–H and O–H groups in total. The molecule has 0 saturated heterocycles. The van der Waals surface area contributed by atoms with E-state index in [0.717, 1.165) is 11.3 Å². The molecular weight excluding hydrogens is 292 g/mol. The predicted molar refractivity (Wildman–Crippen MR) is 84.6 cm³/mol. The monoisotopic (exact) mass is 304 g/mol. The molecule has 0 saturated carbocycles. The summed E-state index contributed by atoms with van der Waals surface area (Å²) in [5, 5.41) is 9.46. The lowest BCUT2D eigenvalue weighted by Gasteiger charge is -2.03. The summed E-state index contributed by atoms with van der Waals surface area (Å²) in [4.78, 5) is 16.3. The molecule has 112 valence electrons. The second-order valence-electron chi connectivity index (χ2n) is 5.18. The molecule has 5 nitrogen and oxygen atoms in total. The number of imidazole rings is 1. The minimum atomic E-state index is -0.182. The molecule has 0 radical (unpaired) electrons. The fraction of sp³-hybridized carbons (Fsp3) is 0. The minimum absolute atomic E-state index is 0.0717. The van der Waals surface area contributed by atoms with Crippen LogP contribution in [0, 0.1) is 0 Å². The zero-order valence-corrected chi connectivity index (χ0v) is 12.0. The highest BCUT2D eigenvalue weighted by atomic mass is 16.5. The van der Waals surface area contributed by atoms with Gasteiger partial charge in [-0.15, -0.1) is 0 Å². The molecule has 23 heavy (non-hydrogen) atoms. The van der Waals surface area contributed by atoms with Crippen molar-refractivity contribution in [2.24, 2.45) is 0 Å². The van der Waals surface area contributed by atoms with Gasteiger partial charge in [-0.2, -0.15) is 0 Å². The maximum atomic E-state index is 12.3. The van der Waals surface area contributed by atoms with Crippen LogP contribution in [0.3, 0.4) is 0 Å². The van der Waals surface area contributed by atoms with E-state index in [1.54, 1.807) is 24.7 Å². The number of phenols is 1. The number of hydrogen-bond donors (Lipinski definition) is 1. The fourth-order valence-corrected chi connectivity index (χ4v) is 2.48. The molecule has 1 aliphatic rings. The Morgan fingerprint density at radius 2 is 1.96 bits per heavy atom. The van der Waals surface area contributed by atoms with Gasteiger partial charge in [-0.25, -0.2) is 4.98 Å². The van der Waals surface area contributed by atoms with Crippen molar-refractivity contribution in [3.05, 3.63) is 78.1 Å². The van der Waals surface area contributed by atoms with Crippen molar-refractivity contribution < 1.29 is 14.6 Å². The van der Waals surface area contributed by atoms with Crippen LogP contribution in [0.4, 0.5) is 0 Å². The largest absolute Gasteiger partial charge is 0.508 e. The van der Waals surface area contributed by atoms with Crippen molar-refractivity contribution in [3.63, 3.8) is 0 Å². The summed E-state index contributed by atoms with van der Waals surface area (Å²) in [6.45, 7) is 0. The zero-order chi connectivity index (χ0) is 15.8. The summed E-state index contributed by atoms with van der Waals surface area (Å²) >= 11 is 0. The number of carbonyl (C=O) groups is 1. The molecule has 0 bridgehead atoms. The number of benzene rings is 2. The third-order valence-corrected chi connectivity index (χ3v) is 3.65. The summed E-state index contributed by atoms with van der Waals surface area (Å²) < 4.78 is 7.44. The number of aromatic hydroxyl groups is 1. The average molecular weight is 304 g/mol. The molecule has 0 fully saturated rings. The summed E-state index contributed by atoms with van der Waals surface area (Å²) in [6.07, 6.45) is 6.99. The number of phenolic OH excluding ortho intramolecular Hbond substituents is 1. The van der Waals surface area contributed by atoms with Crippen LogP contribution in [0.5, 0.6) is 11.5 Å². The van der Waals surface area contributed by atoms with Gasteiger partial charge in [0.2, 0.25) is 5.78 Å². The SMILES string of the molecule is O=C1/C(=C/c2ccc(-n3ccnc3)cc2)Oc2cc(O)ccc21. The van der Waals surface area contributed by atoms with Crippen molar-refractivity contribution in [3.8, 4) is 17.2 Å². The fourth-order valence-electron chi connectivity index (χ4n) is 2.48. The maximum absolute atomic E-state index is 12.3. The van der Waals surface area contributed by atoms with Gasteiger partial charge in [-0.05, 0) is 35.9 Å². The lowest BCUT2D eigenvalue weighted by molar-refractivity contribution is 0.101. The van der Waals surface area contributed by atoms with Gasteiger partial charge >= 0.3 is 0 Å². The summed E-state index contributed by atoms with van der Waals surface area (Å²) in [6, 6.07) is 12.2. The molecule has 2 aromatic carbocycles. The van der Waals surface area contributed by atoms with Crippen LogP contribution in [0.2, 0.25) is 0 Å². The Bertz CT molecular complexity index is 910. The molecular formula is C18H12N2O3. The lowest BCUT2D eigenvalue weighted by atomic mass is 10.1. The average Bonchev–Trinajstić information content (AvgIpc) is 3.18. The van der Waals surface area contributed by atoms with E-state index in [1.165, 1.54) is 12.1 Å². The van der Waals surface area contributed by atoms with E-state index < -0.39 is 0 Å². The quantitative estimate of drug-likeness (QED) is 0.738. The first-order valence-corrected chi connectivity index (χ1v) is 7.06. The molecule has 5 heteroatoms. The van der Waals surface area contributed by atoms with Crippen LogP contribution >= 0.6 is 0 Å². The van der Waals surface area contributed by atoms with Gasteiger partial charge in [0, 0.05) is 24.1 Å². The molecule has 3 aromatic rings. The van der Waals surface area contributed by atoms with Gasteiger partial charge in [0.05, 0.1) is 11.9 Å². The Morgan fingerprint density at radius 3 is 2.70 bits per heavy atom. The number of hydrogen-bond acceptors (Lipinski definition) is 4. The molecule has 0 spiro atoms. The van der Waals surface area contributed by atoms with Gasteiger partial charge in [-0.1, -0.05) is 12.1 Å². The van der Waals surface area contributed by atoms with Crippen molar-refractivity contribution in [1.29, 1.82) is 0 Å².